The average molecular weight is 313 g/mol. The molecule has 0 saturated carbocycles. The predicted molar refractivity (Wildman–Crippen MR) is 84.2 cm³/mol. The third-order valence-corrected chi connectivity index (χ3v) is 3.65. The molecule has 6 heteroatoms. The van der Waals surface area contributed by atoms with Crippen LogP contribution >= 0.6 is 0 Å². The molecule has 23 heavy (non-hydrogen) atoms. The zero-order chi connectivity index (χ0) is 15.9. The lowest BCUT2D eigenvalue weighted by molar-refractivity contribution is -0.136. The molecule has 0 bridgehead atoms. The normalized spacial score (nSPS) is 17.6. The van der Waals surface area contributed by atoms with Gasteiger partial charge in [-0.3, -0.25) is 4.79 Å². The predicted octanol–water partition coefficient (Wildman–Crippen LogP) is 1.93. The fourth-order valence-electron chi connectivity index (χ4n) is 2.51. The highest BCUT2D eigenvalue weighted by Gasteiger charge is 2.25. The van der Waals surface area contributed by atoms with Gasteiger partial charge in [-0.25, -0.2) is 9.97 Å². The monoisotopic (exact) mass is 313 g/mol. The van der Waals surface area contributed by atoms with Gasteiger partial charge in [-0.2, -0.15) is 0 Å². The number of hydrogen-bond acceptors (Lipinski definition) is 5. The quantitative estimate of drug-likeness (QED) is 0.844. The van der Waals surface area contributed by atoms with E-state index in [2.05, 4.69) is 9.97 Å². The van der Waals surface area contributed by atoms with Crippen LogP contribution in [0.5, 0.6) is 11.8 Å². The molecule has 0 radical (unpaired) electrons. The van der Waals surface area contributed by atoms with Gasteiger partial charge in [0.1, 0.15) is 11.9 Å². The molecule has 1 saturated heterocycles. The molecule has 1 atom stereocenters. The number of ether oxygens (including phenoxy) is 2. The van der Waals surface area contributed by atoms with E-state index in [0.717, 1.165) is 19.4 Å². The molecule has 1 unspecified atom stereocenters. The van der Waals surface area contributed by atoms with Crippen molar-refractivity contribution in [2.45, 2.75) is 18.9 Å². The fourth-order valence-corrected chi connectivity index (χ4v) is 2.51. The van der Waals surface area contributed by atoms with Gasteiger partial charge in [-0.15, -0.1) is 0 Å². The Morgan fingerprint density at radius 1 is 1.17 bits per heavy atom. The van der Waals surface area contributed by atoms with Crippen LogP contribution in [0.4, 0.5) is 0 Å². The molecule has 1 aliphatic rings. The van der Waals surface area contributed by atoms with Gasteiger partial charge in [-0.05, 0) is 31.0 Å². The van der Waals surface area contributed by atoms with Crippen LogP contribution in [0.3, 0.4) is 0 Å². The van der Waals surface area contributed by atoms with Gasteiger partial charge in [0.25, 0.3) is 5.91 Å². The summed E-state index contributed by atoms with van der Waals surface area (Å²) in [7, 11) is 0. The van der Waals surface area contributed by atoms with E-state index in [1.807, 2.05) is 30.3 Å². The highest BCUT2D eigenvalue weighted by Crippen LogP contribution is 2.16. The van der Waals surface area contributed by atoms with Crippen molar-refractivity contribution in [3.8, 4) is 11.8 Å². The summed E-state index contributed by atoms with van der Waals surface area (Å²) < 4.78 is 11.3. The first-order valence-electron chi connectivity index (χ1n) is 7.70. The number of carbonyl (C=O) groups is 1. The second-order valence-electron chi connectivity index (χ2n) is 5.35. The van der Waals surface area contributed by atoms with Crippen molar-refractivity contribution in [1.82, 2.24) is 14.9 Å². The van der Waals surface area contributed by atoms with Gasteiger partial charge < -0.3 is 14.4 Å². The molecule has 2 heterocycles. The largest absolute Gasteiger partial charge is 0.484 e. The lowest BCUT2D eigenvalue weighted by Crippen LogP contribution is -2.46. The lowest BCUT2D eigenvalue weighted by Gasteiger charge is -2.32. The van der Waals surface area contributed by atoms with E-state index in [1.54, 1.807) is 23.4 Å². The highest BCUT2D eigenvalue weighted by atomic mass is 16.5. The van der Waals surface area contributed by atoms with Crippen molar-refractivity contribution in [2.75, 3.05) is 19.7 Å². The Hall–Kier alpha value is -2.63. The molecule has 1 aromatic heterocycles. The Labute approximate surface area is 135 Å². The number of nitrogens with zero attached hydrogens (tertiary/aromatic N) is 3. The fraction of sp³-hybridized carbons (Fsp3) is 0.353. The molecule has 120 valence electrons. The molecule has 6 nitrogen and oxygen atoms in total. The van der Waals surface area contributed by atoms with E-state index in [0.29, 0.717) is 18.3 Å². The molecule has 0 N–H and O–H groups in total. The summed E-state index contributed by atoms with van der Waals surface area (Å²) in [5.41, 5.74) is 0. The van der Waals surface area contributed by atoms with Gasteiger partial charge >= 0.3 is 6.01 Å². The van der Waals surface area contributed by atoms with Crippen molar-refractivity contribution in [1.29, 1.82) is 0 Å². The Morgan fingerprint density at radius 3 is 2.74 bits per heavy atom. The van der Waals surface area contributed by atoms with E-state index in [4.69, 9.17) is 9.47 Å². The van der Waals surface area contributed by atoms with Crippen LogP contribution in [-0.4, -0.2) is 46.6 Å². The molecule has 3 rings (SSSR count). The van der Waals surface area contributed by atoms with Gasteiger partial charge in [0.05, 0.1) is 6.54 Å². The number of likely N-dealkylation sites (tertiary alicyclic amines) is 1. The average Bonchev–Trinajstić information content (AvgIpc) is 2.62. The smallest absolute Gasteiger partial charge is 0.316 e. The zero-order valence-corrected chi connectivity index (χ0v) is 12.8. The molecule has 1 amide bonds. The highest BCUT2D eigenvalue weighted by molar-refractivity contribution is 5.77. The first-order valence-corrected chi connectivity index (χ1v) is 7.70. The summed E-state index contributed by atoms with van der Waals surface area (Å²) in [4.78, 5) is 22.2. The standard InChI is InChI=1S/C17H19N3O3/c21-16(13-22-14-6-2-1-3-7-14)20-11-4-8-15(12-20)23-17-18-9-5-10-19-17/h1-3,5-7,9-10,15H,4,8,11-13H2. The zero-order valence-electron chi connectivity index (χ0n) is 12.8. The molecule has 1 aromatic carbocycles. The maximum absolute atomic E-state index is 12.3. The Kier molecular flexibility index (Phi) is 5.03. The Bertz CT molecular complexity index is 621. The van der Waals surface area contributed by atoms with Crippen molar-refractivity contribution in [2.24, 2.45) is 0 Å². The number of rotatable bonds is 5. The van der Waals surface area contributed by atoms with Crippen LogP contribution < -0.4 is 9.47 Å². The van der Waals surface area contributed by atoms with Crippen molar-refractivity contribution < 1.29 is 14.3 Å². The van der Waals surface area contributed by atoms with Crippen LogP contribution in [0, 0.1) is 0 Å². The minimum Gasteiger partial charge on any atom is -0.484 e. The number of piperidine rings is 1. The molecule has 0 aliphatic carbocycles. The molecular formula is C17H19N3O3. The first-order chi connectivity index (χ1) is 11.3. The third kappa shape index (κ3) is 4.42. The minimum absolute atomic E-state index is 0.0314. The van der Waals surface area contributed by atoms with Gasteiger partial charge in [0.2, 0.25) is 0 Å². The van der Waals surface area contributed by atoms with Crippen LogP contribution in [0.25, 0.3) is 0 Å². The SMILES string of the molecule is O=C(COc1ccccc1)N1CCCC(Oc2ncccn2)C1. The van der Waals surface area contributed by atoms with E-state index in [9.17, 15) is 4.79 Å². The number of hydrogen-bond donors (Lipinski definition) is 0. The summed E-state index contributed by atoms with van der Waals surface area (Å²) in [6, 6.07) is 11.4. The van der Waals surface area contributed by atoms with E-state index >= 15 is 0 Å². The number of amides is 1. The van der Waals surface area contributed by atoms with E-state index in [1.165, 1.54) is 0 Å². The van der Waals surface area contributed by atoms with Crippen molar-refractivity contribution in [3.63, 3.8) is 0 Å². The van der Waals surface area contributed by atoms with Crippen LogP contribution in [0.2, 0.25) is 0 Å². The molecular weight excluding hydrogens is 294 g/mol. The topological polar surface area (TPSA) is 64.5 Å². The molecule has 1 aliphatic heterocycles. The van der Waals surface area contributed by atoms with Crippen LogP contribution in [0.1, 0.15) is 12.8 Å². The van der Waals surface area contributed by atoms with E-state index < -0.39 is 0 Å². The number of benzene rings is 1. The second kappa shape index (κ2) is 7.58. The van der Waals surface area contributed by atoms with Gasteiger partial charge in [-0.1, -0.05) is 18.2 Å². The maximum atomic E-state index is 12.3. The van der Waals surface area contributed by atoms with E-state index in [-0.39, 0.29) is 18.6 Å². The second-order valence-corrected chi connectivity index (χ2v) is 5.35. The number of para-hydroxylation sites is 1. The summed E-state index contributed by atoms with van der Waals surface area (Å²) in [5, 5.41) is 0. The van der Waals surface area contributed by atoms with Gasteiger partial charge in [0, 0.05) is 18.9 Å². The van der Waals surface area contributed by atoms with Crippen LogP contribution in [-0.2, 0) is 4.79 Å². The Morgan fingerprint density at radius 2 is 1.96 bits per heavy atom. The summed E-state index contributed by atoms with van der Waals surface area (Å²) >= 11 is 0. The molecule has 0 spiro atoms. The number of aromatic nitrogens is 2. The van der Waals surface area contributed by atoms with Gasteiger partial charge in [0.15, 0.2) is 6.61 Å². The first kappa shape index (κ1) is 15.3. The Balaban J connectivity index is 1.50. The number of carbonyl (C=O) groups excluding carboxylic acids is 1. The summed E-state index contributed by atoms with van der Waals surface area (Å²) in [5.74, 6) is 0.666. The lowest BCUT2D eigenvalue weighted by atomic mass is 10.1. The maximum Gasteiger partial charge on any atom is 0.316 e. The third-order valence-electron chi connectivity index (χ3n) is 3.65. The van der Waals surface area contributed by atoms with Crippen molar-refractivity contribution >= 4 is 5.91 Å². The minimum atomic E-state index is -0.0770. The molecule has 2 aromatic rings. The van der Waals surface area contributed by atoms with Crippen LogP contribution in [0.15, 0.2) is 48.8 Å². The summed E-state index contributed by atoms with van der Waals surface area (Å²) in [6.07, 6.45) is 4.99. The molecule has 1 fully saturated rings. The van der Waals surface area contributed by atoms with Crippen molar-refractivity contribution in [3.05, 3.63) is 48.8 Å². The summed E-state index contributed by atoms with van der Waals surface area (Å²) in [6.45, 7) is 1.31.